The zero-order chi connectivity index (χ0) is 17.4. The van der Waals surface area contributed by atoms with E-state index >= 15 is 0 Å². The lowest BCUT2D eigenvalue weighted by atomic mass is 9.85. The SMILES string of the molecule is COc1ccc(-c2nc(Cn3cnc(C4CCC4)n3)c(C)o2)c(F)c1. The Balaban J connectivity index is 1.56. The Labute approximate surface area is 144 Å². The van der Waals surface area contributed by atoms with Gasteiger partial charge in [-0.2, -0.15) is 5.10 Å². The highest BCUT2D eigenvalue weighted by molar-refractivity contribution is 5.56. The minimum absolute atomic E-state index is 0.256. The maximum atomic E-state index is 14.2. The normalized spacial score (nSPS) is 14.5. The van der Waals surface area contributed by atoms with Crippen LogP contribution in [-0.2, 0) is 6.54 Å². The first-order valence-electron chi connectivity index (χ1n) is 8.33. The van der Waals surface area contributed by atoms with Crippen molar-refractivity contribution in [1.29, 1.82) is 0 Å². The van der Waals surface area contributed by atoms with Crippen LogP contribution >= 0.6 is 0 Å². The minimum atomic E-state index is -0.430. The monoisotopic (exact) mass is 342 g/mol. The van der Waals surface area contributed by atoms with Crippen LogP contribution in [0.4, 0.5) is 4.39 Å². The Bertz CT molecular complexity index is 898. The maximum absolute atomic E-state index is 14.2. The van der Waals surface area contributed by atoms with Crippen molar-refractivity contribution < 1.29 is 13.5 Å². The molecule has 1 fully saturated rings. The molecule has 0 atom stereocenters. The lowest BCUT2D eigenvalue weighted by molar-refractivity contribution is 0.399. The number of nitrogens with zero attached hydrogens (tertiary/aromatic N) is 4. The predicted octanol–water partition coefficient (Wildman–Crippen LogP) is 3.71. The van der Waals surface area contributed by atoms with E-state index in [2.05, 4.69) is 15.1 Å². The van der Waals surface area contributed by atoms with E-state index in [1.807, 2.05) is 6.92 Å². The number of hydrogen-bond acceptors (Lipinski definition) is 5. The molecular formula is C18H19FN4O2. The highest BCUT2D eigenvalue weighted by Gasteiger charge is 2.23. The Hall–Kier alpha value is -2.70. The molecule has 0 radical (unpaired) electrons. The van der Waals surface area contributed by atoms with Crippen LogP contribution < -0.4 is 4.74 Å². The van der Waals surface area contributed by atoms with Crippen LogP contribution in [0.15, 0.2) is 28.9 Å². The van der Waals surface area contributed by atoms with Gasteiger partial charge in [0.2, 0.25) is 5.89 Å². The van der Waals surface area contributed by atoms with Gasteiger partial charge in [-0.1, -0.05) is 6.42 Å². The molecule has 0 bridgehead atoms. The number of aryl methyl sites for hydroxylation is 1. The molecule has 0 N–H and O–H groups in total. The van der Waals surface area contributed by atoms with Crippen LogP contribution in [-0.4, -0.2) is 26.9 Å². The highest BCUT2D eigenvalue weighted by atomic mass is 19.1. The van der Waals surface area contributed by atoms with Crippen molar-refractivity contribution in [2.75, 3.05) is 7.11 Å². The fourth-order valence-electron chi connectivity index (χ4n) is 2.88. The van der Waals surface area contributed by atoms with Crippen molar-refractivity contribution in [3.05, 3.63) is 47.6 Å². The number of ether oxygens (including phenoxy) is 1. The molecule has 1 aliphatic carbocycles. The molecule has 4 rings (SSSR count). The lowest BCUT2D eigenvalue weighted by Crippen LogP contribution is -2.11. The molecule has 2 heterocycles. The third-order valence-corrected chi connectivity index (χ3v) is 4.64. The Kier molecular flexibility index (Phi) is 3.99. The Morgan fingerprint density at radius 3 is 2.88 bits per heavy atom. The number of benzene rings is 1. The van der Waals surface area contributed by atoms with E-state index in [1.54, 1.807) is 23.1 Å². The third kappa shape index (κ3) is 3.01. The van der Waals surface area contributed by atoms with Gasteiger partial charge in [0.05, 0.1) is 19.2 Å². The van der Waals surface area contributed by atoms with Crippen molar-refractivity contribution in [2.24, 2.45) is 0 Å². The quantitative estimate of drug-likeness (QED) is 0.707. The van der Waals surface area contributed by atoms with Gasteiger partial charge < -0.3 is 9.15 Å². The number of rotatable bonds is 5. The van der Waals surface area contributed by atoms with Crippen molar-refractivity contribution in [3.8, 4) is 17.2 Å². The molecule has 0 saturated heterocycles. The van der Waals surface area contributed by atoms with E-state index in [0.29, 0.717) is 29.5 Å². The molecule has 0 unspecified atom stereocenters. The number of halogens is 1. The fraction of sp³-hybridized carbons (Fsp3) is 0.389. The highest BCUT2D eigenvalue weighted by Crippen LogP contribution is 2.34. The standard InChI is InChI=1S/C18H19FN4O2/c1-11-16(9-23-10-20-17(22-23)12-4-3-5-12)21-18(25-11)14-7-6-13(24-2)8-15(14)19/h6-8,10,12H,3-5,9H2,1-2H3. The van der Waals surface area contributed by atoms with Gasteiger partial charge in [0.1, 0.15) is 29.3 Å². The topological polar surface area (TPSA) is 66.0 Å². The van der Waals surface area contributed by atoms with Crippen LogP contribution in [0.2, 0.25) is 0 Å². The van der Waals surface area contributed by atoms with E-state index in [-0.39, 0.29) is 5.89 Å². The van der Waals surface area contributed by atoms with Crippen LogP contribution in [0.3, 0.4) is 0 Å². The Morgan fingerprint density at radius 1 is 1.36 bits per heavy atom. The first-order chi connectivity index (χ1) is 12.1. The maximum Gasteiger partial charge on any atom is 0.229 e. The molecule has 0 spiro atoms. The summed E-state index contributed by atoms with van der Waals surface area (Å²) in [5, 5.41) is 4.52. The average molecular weight is 342 g/mol. The third-order valence-electron chi connectivity index (χ3n) is 4.64. The number of oxazole rings is 1. The summed E-state index contributed by atoms with van der Waals surface area (Å²) in [6.07, 6.45) is 5.29. The number of aromatic nitrogens is 4. The van der Waals surface area contributed by atoms with Gasteiger partial charge in [-0.3, -0.25) is 0 Å². The van der Waals surface area contributed by atoms with Gasteiger partial charge in [0.15, 0.2) is 5.82 Å². The summed E-state index contributed by atoms with van der Waals surface area (Å²) in [4.78, 5) is 8.83. The second-order valence-electron chi connectivity index (χ2n) is 6.30. The molecule has 1 saturated carbocycles. The predicted molar refractivity (Wildman–Crippen MR) is 88.9 cm³/mol. The van der Waals surface area contributed by atoms with E-state index < -0.39 is 5.82 Å². The van der Waals surface area contributed by atoms with E-state index in [1.165, 1.54) is 19.6 Å². The molecular weight excluding hydrogens is 323 g/mol. The lowest BCUT2D eigenvalue weighted by Gasteiger charge is -2.21. The van der Waals surface area contributed by atoms with Gasteiger partial charge in [0, 0.05) is 12.0 Å². The average Bonchev–Trinajstić information content (AvgIpc) is 3.13. The van der Waals surface area contributed by atoms with Crippen molar-refractivity contribution in [1.82, 2.24) is 19.7 Å². The Morgan fingerprint density at radius 2 is 2.20 bits per heavy atom. The second-order valence-corrected chi connectivity index (χ2v) is 6.30. The van der Waals surface area contributed by atoms with Crippen molar-refractivity contribution in [2.45, 2.75) is 38.6 Å². The smallest absolute Gasteiger partial charge is 0.229 e. The van der Waals surface area contributed by atoms with Gasteiger partial charge in [-0.05, 0) is 31.9 Å². The molecule has 2 aromatic heterocycles. The van der Waals surface area contributed by atoms with Gasteiger partial charge in [-0.15, -0.1) is 0 Å². The van der Waals surface area contributed by atoms with Crippen LogP contribution in [0, 0.1) is 12.7 Å². The summed E-state index contributed by atoms with van der Waals surface area (Å²) >= 11 is 0. The molecule has 1 aromatic carbocycles. The summed E-state index contributed by atoms with van der Waals surface area (Å²) in [7, 11) is 1.50. The van der Waals surface area contributed by atoms with Gasteiger partial charge >= 0.3 is 0 Å². The first-order valence-corrected chi connectivity index (χ1v) is 8.33. The molecule has 3 aromatic rings. The molecule has 25 heavy (non-hydrogen) atoms. The second kappa shape index (κ2) is 6.31. The van der Waals surface area contributed by atoms with Crippen molar-refractivity contribution in [3.63, 3.8) is 0 Å². The largest absolute Gasteiger partial charge is 0.497 e. The van der Waals surface area contributed by atoms with E-state index in [4.69, 9.17) is 9.15 Å². The summed E-state index contributed by atoms with van der Waals surface area (Å²) < 4.78 is 26.7. The van der Waals surface area contributed by atoms with E-state index in [9.17, 15) is 4.39 Å². The molecule has 0 amide bonds. The number of methoxy groups -OCH3 is 1. The van der Waals surface area contributed by atoms with Gasteiger partial charge in [0.25, 0.3) is 0 Å². The summed E-state index contributed by atoms with van der Waals surface area (Å²) in [5.41, 5.74) is 1.03. The molecule has 7 heteroatoms. The summed E-state index contributed by atoms with van der Waals surface area (Å²) in [5.74, 6) is 2.31. The van der Waals surface area contributed by atoms with Gasteiger partial charge in [-0.25, -0.2) is 19.0 Å². The molecule has 1 aliphatic rings. The minimum Gasteiger partial charge on any atom is -0.497 e. The van der Waals surface area contributed by atoms with Crippen molar-refractivity contribution >= 4 is 0 Å². The first kappa shape index (κ1) is 15.8. The van der Waals surface area contributed by atoms with Crippen LogP contribution in [0.25, 0.3) is 11.5 Å². The summed E-state index contributed by atoms with van der Waals surface area (Å²) in [6.45, 7) is 2.27. The molecule has 0 aliphatic heterocycles. The zero-order valence-electron chi connectivity index (χ0n) is 14.2. The fourth-order valence-corrected chi connectivity index (χ4v) is 2.88. The molecule has 130 valence electrons. The zero-order valence-corrected chi connectivity index (χ0v) is 14.2. The van der Waals surface area contributed by atoms with E-state index in [0.717, 1.165) is 24.4 Å². The number of hydrogen-bond donors (Lipinski definition) is 0. The summed E-state index contributed by atoms with van der Waals surface area (Å²) in [6, 6.07) is 4.60. The molecule has 6 nitrogen and oxygen atoms in total. The van der Waals surface area contributed by atoms with Crippen LogP contribution in [0.1, 0.15) is 42.5 Å². The van der Waals surface area contributed by atoms with Crippen LogP contribution in [0.5, 0.6) is 5.75 Å².